The average molecular weight is 442 g/mol. The molecule has 0 radical (unpaired) electrons. The van der Waals surface area contributed by atoms with E-state index in [2.05, 4.69) is 15.2 Å². The number of halogens is 5. The fraction of sp³-hybridized carbons (Fsp3) is 0.316. The highest BCUT2D eigenvalue weighted by Gasteiger charge is 2.37. The largest absolute Gasteiger partial charge is 0.418 e. The minimum atomic E-state index is -4.70. The number of aromatic nitrogens is 2. The molecule has 0 amide bonds. The number of aromatic amines is 1. The summed E-state index contributed by atoms with van der Waals surface area (Å²) < 4.78 is 53.7. The van der Waals surface area contributed by atoms with Gasteiger partial charge in [0.2, 0.25) is 0 Å². The van der Waals surface area contributed by atoms with Gasteiger partial charge in [0.15, 0.2) is 0 Å². The second kappa shape index (κ2) is 7.42. The number of amidine groups is 1. The van der Waals surface area contributed by atoms with Gasteiger partial charge in [-0.3, -0.25) is 9.79 Å². The van der Waals surface area contributed by atoms with Crippen LogP contribution in [-0.4, -0.2) is 42.7 Å². The van der Waals surface area contributed by atoms with E-state index < -0.39 is 23.1 Å². The standard InChI is InChI=1S/C19H16ClF4N5O/c1-28(14-3-2-11(21)6-13(14)19(22,23)24)17-12-4-5-29(9-10(12)7-25-17)15-8-26-27-18(30)16(15)20/h2-3,6,8H,4-5,7,9H2,1H3,(H,27,30). The van der Waals surface area contributed by atoms with Crippen molar-refractivity contribution in [3.05, 3.63) is 62.3 Å². The molecule has 0 bridgehead atoms. The van der Waals surface area contributed by atoms with E-state index >= 15 is 0 Å². The summed E-state index contributed by atoms with van der Waals surface area (Å²) in [6, 6.07) is 2.59. The summed E-state index contributed by atoms with van der Waals surface area (Å²) in [5, 5.41) is 6.07. The van der Waals surface area contributed by atoms with Crippen LogP contribution in [-0.2, 0) is 6.18 Å². The molecule has 0 fully saturated rings. The van der Waals surface area contributed by atoms with Crippen molar-refractivity contribution < 1.29 is 17.6 Å². The van der Waals surface area contributed by atoms with Gasteiger partial charge in [-0.2, -0.15) is 18.3 Å². The molecule has 6 nitrogen and oxygen atoms in total. The van der Waals surface area contributed by atoms with E-state index in [1.165, 1.54) is 18.1 Å². The molecular weight excluding hydrogens is 426 g/mol. The molecular formula is C19H16ClF4N5O. The summed E-state index contributed by atoms with van der Waals surface area (Å²) in [4.78, 5) is 19.4. The predicted molar refractivity (Wildman–Crippen MR) is 106 cm³/mol. The Hall–Kier alpha value is -2.88. The molecule has 2 aromatic rings. The molecule has 0 atom stereocenters. The van der Waals surface area contributed by atoms with Crippen LogP contribution in [0.25, 0.3) is 0 Å². The van der Waals surface area contributed by atoms with Crippen LogP contribution >= 0.6 is 11.6 Å². The van der Waals surface area contributed by atoms with Crippen LogP contribution < -0.4 is 15.4 Å². The van der Waals surface area contributed by atoms with Gasteiger partial charge in [-0.1, -0.05) is 11.6 Å². The molecule has 0 saturated carbocycles. The topological polar surface area (TPSA) is 64.6 Å². The lowest BCUT2D eigenvalue weighted by atomic mass is 9.99. The lowest BCUT2D eigenvalue weighted by Gasteiger charge is -2.32. The molecule has 0 unspecified atom stereocenters. The van der Waals surface area contributed by atoms with Gasteiger partial charge in [-0.05, 0) is 35.8 Å². The first-order valence-corrected chi connectivity index (χ1v) is 9.39. The van der Waals surface area contributed by atoms with Crippen LogP contribution in [0.2, 0.25) is 5.02 Å². The van der Waals surface area contributed by atoms with E-state index in [-0.39, 0.29) is 10.7 Å². The van der Waals surface area contributed by atoms with Crippen LogP contribution in [0.4, 0.5) is 28.9 Å². The van der Waals surface area contributed by atoms with E-state index in [9.17, 15) is 22.4 Å². The van der Waals surface area contributed by atoms with E-state index in [0.29, 0.717) is 43.6 Å². The number of nitrogens with one attached hydrogen (secondary N) is 1. The van der Waals surface area contributed by atoms with Crippen LogP contribution in [0.15, 0.2) is 45.3 Å². The van der Waals surface area contributed by atoms with Gasteiger partial charge < -0.3 is 9.80 Å². The number of H-pyrrole nitrogens is 1. The quantitative estimate of drug-likeness (QED) is 0.723. The van der Waals surface area contributed by atoms with Crippen LogP contribution in [0.3, 0.4) is 0 Å². The van der Waals surface area contributed by atoms with E-state index in [4.69, 9.17) is 11.6 Å². The summed E-state index contributed by atoms with van der Waals surface area (Å²) in [6.07, 6.45) is -2.73. The van der Waals surface area contributed by atoms with Gasteiger partial charge in [-0.25, -0.2) is 9.49 Å². The predicted octanol–water partition coefficient (Wildman–Crippen LogP) is 3.64. The van der Waals surface area contributed by atoms with Gasteiger partial charge in [-0.15, -0.1) is 0 Å². The SMILES string of the molecule is CN(C1=NCC2=C1CCN(c1cn[nH]c(=O)c1Cl)C2)c1ccc(F)cc1C(F)(F)F. The Morgan fingerprint density at radius 3 is 2.80 bits per heavy atom. The highest BCUT2D eigenvalue weighted by atomic mass is 35.5. The number of likely N-dealkylation sites (N-methyl/N-ethyl adjacent to an activating group) is 1. The first-order chi connectivity index (χ1) is 14.2. The zero-order chi connectivity index (χ0) is 21.6. The Morgan fingerprint density at radius 2 is 2.07 bits per heavy atom. The number of hydrogen-bond acceptors (Lipinski definition) is 5. The Labute approximate surface area is 173 Å². The zero-order valence-electron chi connectivity index (χ0n) is 15.7. The molecule has 2 aliphatic rings. The van der Waals surface area contributed by atoms with Crippen molar-refractivity contribution >= 4 is 28.8 Å². The third-order valence-corrected chi connectivity index (χ3v) is 5.56. The third-order valence-electron chi connectivity index (χ3n) is 5.19. The van der Waals surface area contributed by atoms with E-state index in [0.717, 1.165) is 23.3 Å². The molecule has 30 heavy (non-hydrogen) atoms. The normalized spacial score (nSPS) is 16.6. The van der Waals surface area contributed by atoms with Crippen molar-refractivity contribution in [1.29, 1.82) is 0 Å². The smallest absolute Gasteiger partial charge is 0.364 e. The molecule has 0 saturated heterocycles. The summed E-state index contributed by atoms with van der Waals surface area (Å²) in [7, 11) is 1.49. The van der Waals surface area contributed by atoms with Gasteiger partial charge in [0.25, 0.3) is 5.56 Å². The number of aliphatic imine (C=N–C) groups is 1. The lowest BCUT2D eigenvalue weighted by Crippen LogP contribution is -2.36. The summed E-state index contributed by atoms with van der Waals surface area (Å²) in [6.45, 7) is 1.24. The van der Waals surface area contributed by atoms with Gasteiger partial charge >= 0.3 is 6.18 Å². The van der Waals surface area contributed by atoms with Gasteiger partial charge in [0.1, 0.15) is 16.7 Å². The fourth-order valence-corrected chi connectivity index (χ4v) is 3.97. The number of anilines is 2. The van der Waals surface area contributed by atoms with Gasteiger partial charge in [0.05, 0.1) is 29.7 Å². The molecule has 0 spiro atoms. The van der Waals surface area contributed by atoms with E-state index in [1.807, 2.05) is 4.90 Å². The maximum absolute atomic E-state index is 13.4. The van der Waals surface area contributed by atoms with Crippen molar-refractivity contribution in [2.75, 3.05) is 36.5 Å². The molecule has 11 heteroatoms. The minimum absolute atomic E-state index is 0.0337. The lowest BCUT2D eigenvalue weighted by molar-refractivity contribution is -0.137. The minimum Gasteiger partial charge on any atom is -0.364 e. The molecule has 158 valence electrons. The Morgan fingerprint density at radius 1 is 1.30 bits per heavy atom. The Bertz CT molecular complexity index is 1120. The molecule has 3 heterocycles. The highest BCUT2D eigenvalue weighted by molar-refractivity contribution is 6.33. The van der Waals surface area contributed by atoms with Crippen molar-refractivity contribution in [2.45, 2.75) is 12.6 Å². The number of benzene rings is 1. The Kier molecular flexibility index (Phi) is 5.05. The first kappa shape index (κ1) is 20.4. The first-order valence-electron chi connectivity index (χ1n) is 9.01. The molecule has 4 rings (SSSR count). The van der Waals surface area contributed by atoms with Gasteiger partial charge in [0, 0.05) is 20.1 Å². The maximum Gasteiger partial charge on any atom is 0.418 e. The average Bonchev–Trinajstić information content (AvgIpc) is 3.12. The Balaban J connectivity index is 1.63. The molecule has 2 aliphatic heterocycles. The maximum atomic E-state index is 13.4. The zero-order valence-corrected chi connectivity index (χ0v) is 16.5. The summed E-state index contributed by atoms with van der Waals surface area (Å²) in [5.74, 6) is -0.527. The van der Waals surface area contributed by atoms with Crippen LogP contribution in [0, 0.1) is 5.82 Å². The van der Waals surface area contributed by atoms with Crippen LogP contribution in [0.5, 0.6) is 0 Å². The van der Waals surface area contributed by atoms with Crippen molar-refractivity contribution in [2.24, 2.45) is 4.99 Å². The van der Waals surface area contributed by atoms with E-state index in [1.54, 1.807) is 0 Å². The number of hydrogen-bond donors (Lipinski definition) is 1. The summed E-state index contributed by atoms with van der Waals surface area (Å²) >= 11 is 6.09. The van der Waals surface area contributed by atoms with Crippen LogP contribution in [0.1, 0.15) is 12.0 Å². The number of nitrogens with zero attached hydrogens (tertiary/aromatic N) is 4. The molecule has 1 aromatic carbocycles. The number of alkyl halides is 3. The second-order valence-corrected chi connectivity index (χ2v) is 7.39. The molecule has 1 N–H and O–H groups in total. The third kappa shape index (κ3) is 3.55. The summed E-state index contributed by atoms with van der Waals surface area (Å²) in [5.41, 5.74) is 0.552. The number of rotatable bonds is 2. The highest BCUT2D eigenvalue weighted by Crippen LogP contribution is 2.39. The monoisotopic (exact) mass is 441 g/mol. The fourth-order valence-electron chi connectivity index (χ4n) is 3.76. The van der Waals surface area contributed by atoms with Crippen molar-refractivity contribution in [1.82, 2.24) is 10.2 Å². The van der Waals surface area contributed by atoms with Crippen molar-refractivity contribution in [3.63, 3.8) is 0 Å². The van der Waals surface area contributed by atoms with Crippen molar-refractivity contribution in [3.8, 4) is 0 Å². The molecule has 1 aromatic heterocycles. The molecule has 0 aliphatic carbocycles. The second-order valence-electron chi connectivity index (χ2n) is 7.01.